The number of carboxylic acids is 1. The van der Waals surface area contributed by atoms with Crippen LogP contribution in [0.4, 0.5) is 0 Å². The second-order valence-electron chi connectivity index (χ2n) is 3.20. The van der Waals surface area contributed by atoms with Crippen molar-refractivity contribution in [1.29, 1.82) is 0 Å². The number of rotatable bonds is 4. The minimum atomic E-state index is -0.978. The maximum atomic E-state index is 10.5. The van der Waals surface area contributed by atoms with Gasteiger partial charge in [-0.15, -0.1) is 0 Å². The van der Waals surface area contributed by atoms with Gasteiger partial charge in [0.1, 0.15) is 12.4 Å². The number of carboxylic acid groups (broad SMARTS) is 1. The maximum Gasteiger partial charge on any atom is 0.331 e. The van der Waals surface area contributed by atoms with E-state index < -0.39 is 5.97 Å². The molecule has 92 valence electrons. The summed E-state index contributed by atoms with van der Waals surface area (Å²) in [6.45, 7) is 1.61. The lowest BCUT2D eigenvalue weighted by atomic mass is 10.3. The number of halogens is 3. The predicted molar refractivity (Wildman–Crippen MR) is 71.0 cm³/mol. The van der Waals surface area contributed by atoms with Gasteiger partial charge in [-0.3, -0.25) is 0 Å². The summed E-state index contributed by atoms with van der Waals surface area (Å²) < 4.78 is 5.99. The average Bonchev–Trinajstić information content (AvgIpc) is 2.25. The van der Waals surface area contributed by atoms with Gasteiger partial charge in [-0.05, 0) is 35.0 Å². The van der Waals surface area contributed by atoms with Gasteiger partial charge >= 0.3 is 5.97 Å². The summed E-state index contributed by atoms with van der Waals surface area (Å²) in [5.74, 6) is -0.567. The zero-order valence-corrected chi connectivity index (χ0v) is 11.9. The number of benzene rings is 1. The van der Waals surface area contributed by atoms with E-state index in [1.807, 2.05) is 0 Å². The van der Waals surface area contributed by atoms with Crippen LogP contribution in [0.15, 0.2) is 28.3 Å². The molecule has 1 aromatic rings. The van der Waals surface area contributed by atoms with Gasteiger partial charge in [0.25, 0.3) is 0 Å². The van der Waals surface area contributed by atoms with Crippen molar-refractivity contribution in [3.63, 3.8) is 0 Å². The Morgan fingerprint density at radius 3 is 2.71 bits per heavy atom. The molecule has 1 rings (SSSR count). The highest BCUT2D eigenvalue weighted by Gasteiger charge is 2.06. The maximum absolute atomic E-state index is 10.5. The second kappa shape index (κ2) is 6.28. The van der Waals surface area contributed by atoms with Crippen LogP contribution in [-0.4, -0.2) is 17.7 Å². The molecule has 1 N–H and O–H groups in total. The first kappa shape index (κ1) is 14.4. The second-order valence-corrected chi connectivity index (χ2v) is 4.87. The van der Waals surface area contributed by atoms with Crippen LogP contribution < -0.4 is 4.74 Å². The molecule has 0 atom stereocenters. The van der Waals surface area contributed by atoms with Crippen molar-refractivity contribution < 1.29 is 14.6 Å². The molecule has 17 heavy (non-hydrogen) atoms. The summed E-state index contributed by atoms with van der Waals surface area (Å²) >= 11 is 15.0. The number of hydrogen-bond donors (Lipinski definition) is 1. The molecule has 0 aliphatic heterocycles. The molecular weight excluding hydrogens is 331 g/mol. The summed E-state index contributed by atoms with van der Waals surface area (Å²) in [4.78, 5) is 10.5. The molecule has 0 heterocycles. The van der Waals surface area contributed by atoms with E-state index in [4.69, 9.17) is 33.0 Å². The van der Waals surface area contributed by atoms with Crippen molar-refractivity contribution in [2.24, 2.45) is 0 Å². The highest BCUT2D eigenvalue weighted by atomic mass is 79.9. The largest absolute Gasteiger partial charge is 0.488 e. The zero-order valence-electron chi connectivity index (χ0n) is 8.84. The Bertz CT molecular complexity index is 472. The summed E-state index contributed by atoms with van der Waals surface area (Å²) in [5.41, 5.74) is 0.212. The molecular formula is C11H9BrCl2O3. The first-order valence-corrected chi connectivity index (χ1v) is 6.14. The third-order valence-electron chi connectivity index (χ3n) is 1.94. The van der Waals surface area contributed by atoms with Gasteiger partial charge in [-0.25, -0.2) is 4.79 Å². The van der Waals surface area contributed by atoms with Crippen molar-refractivity contribution in [3.05, 3.63) is 38.3 Å². The molecule has 1 aromatic carbocycles. The average molecular weight is 340 g/mol. The molecule has 0 aliphatic rings. The van der Waals surface area contributed by atoms with Gasteiger partial charge in [0.2, 0.25) is 0 Å². The molecule has 3 nitrogen and oxygen atoms in total. The minimum Gasteiger partial charge on any atom is -0.488 e. The predicted octanol–water partition coefficient (Wildman–Crippen LogP) is 4.17. The van der Waals surface area contributed by atoms with Crippen LogP contribution in [0.1, 0.15) is 6.92 Å². The van der Waals surface area contributed by atoms with Crippen LogP contribution in [0.3, 0.4) is 0 Å². The number of hydrogen-bond acceptors (Lipinski definition) is 2. The fourth-order valence-corrected chi connectivity index (χ4v) is 1.81. The topological polar surface area (TPSA) is 46.5 Å². The van der Waals surface area contributed by atoms with E-state index in [1.54, 1.807) is 12.1 Å². The van der Waals surface area contributed by atoms with Crippen LogP contribution in [0, 0.1) is 0 Å². The van der Waals surface area contributed by atoms with E-state index in [-0.39, 0.29) is 12.2 Å². The normalized spacial score (nSPS) is 11.4. The fourth-order valence-electron chi connectivity index (χ4n) is 0.959. The quantitative estimate of drug-likeness (QED) is 0.661. The van der Waals surface area contributed by atoms with Crippen molar-refractivity contribution in [3.8, 4) is 5.75 Å². The first-order valence-electron chi connectivity index (χ1n) is 4.59. The molecule has 0 aromatic heterocycles. The van der Waals surface area contributed by atoms with Crippen molar-refractivity contribution in [1.82, 2.24) is 0 Å². The van der Waals surface area contributed by atoms with Gasteiger partial charge in [-0.1, -0.05) is 23.2 Å². The van der Waals surface area contributed by atoms with Crippen molar-refractivity contribution in [2.45, 2.75) is 6.92 Å². The molecule has 0 fully saturated rings. The molecule has 0 unspecified atom stereocenters. The Labute approximate surface area is 117 Å². The Balaban J connectivity index is 2.74. The fraction of sp³-hybridized carbons (Fsp3) is 0.182. The smallest absolute Gasteiger partial charge is 0.331 e. The van der Waals surface area contributed by atoms with Gasteiger partial charge in [-0.2, -0.15) is 0 Å². The van der Waals surface area contributed by atoms with Gasteiger partial charge in [0.15, 0.2) is 0 Å². The number of ether oxygens (including phenoxy) is 1. The molecule has 0 saturated heterocycles. The van der Waals surface area contributed by atoms with Crippen LogP contribution in [0.2, 0.25) is 10.0 Å². The molecule has 0 spiro atoms. The lowest BCUT2D eigenvalue weighted by Gasteiger charge is -2.07. The standard InChI is InChI=1S/C11H9BrCl2O3/c1-6(11(15)16)2-3-17-10-5-8(13)7(12)4-9(10)14/h2,4-5H,3H2,1H3,(H,15,16)/b6-2-. The van der Waals surface area contributed by atoms with Crippen molar-refractivity contribution in [2.75, 3.05) is 6.61 Å². The lowest BCUT2D eigenvalue weighted by molar-refractivity contribution is -0.132. The van der Waals surface area contributed by atoms with Crippen LogP contribution in [-0.2, 0) is 4.79 Å². The number of carbonyl (C=O) groups is 1. The van der Waals surface area contributed by atoms with E-state index >= 15 is 0 Å². The third-order valence-corrected chi connectivity index (χ3v) is 3.43. The monoisotopic (exact) mass is 338 g/mol. The molecule has 0 aliphatic carbocycles. The Hall–Kier alpha value is -0.710. The minimum absolute atomic E-state index is 0.121. The summed E-state index contributed by atoms with van der Waals surface area (Å²) in [7, 11) is 0. The van der Waals surface area contributed by atoms with E-state index in [0.717, 1.165) is 0 Å². The van der Waals surface area contributed by atoms with Crippen molar-refractivity contribution >= 4 is 45.1 Å². The molecule has 6 heteroatoms. The Morgan fingerprint density at radius 2 is 2.12 bits per heavy atom. The van der Waals surface area contributed by atoms with E-state index in [1.165, 1.54) is 13.0 Å². The van der Waals surface area contributed by atoms with Crippen LogP contribution in [0.5, 0.6) is 5.75 Å². The highest BCUT2D eigenvalue weighted by molar-refractivity contribution is 9.10. The zero-order chi connectivity index (χ0) is 13.0. The molecule has 0 bridgehead atoms. The van der Waals surface area contributed by atoms with E-state index in [9.17, 15) is 4.79 Å². The first-order chi connectivity index (χ1) is 7.91. The summed E-state index contributed by atoms with van der Waals surface area (Å²) in [6, 6.07) is 3.19. The molecule has 0 amide bonds. The summed E-state index contributed by atoms with van der Waals surface area (Å²) in [5, 5.41) is 9.52. The molecule has 0 radical (unpaired) electrons. The van der Waals surface area contributed by atoms with E-state index in [0.29, 0.717) is 20.3 Å². The Kier molecular flexibility index (Phi) is 5.31. The van der Waals surface area contributed by atoms with Gasteiger partial charge in [0.05, 0.1) is 10.0 Å². The number of aliphatic carboxylic acids is 1. The van der Waals surface area contributed by atoms with Gasteiger partial charge < -0.3 is 9.84 Å². The highest BCUT2D eigenvalue weighted by Crippen LogP contribution is 2.33. The lowest BCUT2D eigenvalue weighted by Crippen LogP contribution is -2.01. The third kappa shape index (κ3) is 4.22. The van der Waals surface area contributed by atoms with Crippen LogP contribution in [0.25, 0.3) is 0 Å². The Morgan fingerprint density at radius 1 is 1.47 bits per heavy atom. The van der Waals surface area contributed by atoms with Gasteiger partial charge in [0, 0.05) is 16.1 Å². The summed E-state index contributed by atoms with van der Waals surface area (Å²) in [6.07, 6.45) is 1.45. The SMILES string of the molecule is C/C(=C/COc1cc(Cl)c(Br)cc1Cl)C(=O)O. The van der Waals surface area contributed by atoms with E-state index in [2.05, 4.69) is 15.9 Å². The molecule has 0 saturated carbocycles. The van der Waals surface area contributed by atoms with Crippen LogP contribution >= 0.6 is 39.1 Å².